The van der Waals surface area contributed by atoms with Gasteiger partial charge in [-0.3, -0.25) is 0 Å². The van der Waals surface area contributed by atoms with Gasteiger partial charge in [-0.05, 0) is 31.0 Å². The van der Waals surface area contributed by atoms with E-state index in [4.69, 9.17) is 4.74 Å². The van der Waals surface area contributed by atoms with Crippen LogP contribution < -0.4 is 10.1 Å². The van der Waals surface area contributed by atoms with Gasteiger partial charge >= 0.3 is 0 Å². The highest BCUT2D eigenvalue weighted by molar-refractivity contribution is 5.35. The third-order valence-electron chi connectivity index (χ3n) is 3.54. The molecule has 2 unspecified atom stereocenters. The number of para-hydroxylation sites is 1. The van der Waals surface area contributed by atoms with Crippen LogP contribution in [0.4, 0.5) is 0 Å². The molecule has 1 aliphatic heterocycles. The molecule has 1 heterocycles. The van der Waals surface area contributed by atoms with E-state index < -0.39 is 0 Å². The van der Waals surface area contributed by atoms with Gasteiger partial charge in [-0.2, -0.15) is 0 Å². The Bertz CT molecular complexity index is 345. The maximum atomic E-state index is 5.87. The molecule has 0 saturated carbocycles. The zero-order valence-electron chi connectivity index (χ0n) is 10.9. The van der Waals surface area contributed by atoms with Gasteiger partial charge in [0.25, 0.3) is 0 Å². The summed E-state index contributed by atoms with van der Waals surface area (Å²) in [6, 6.07) is 9.02. The molecule has 17 heavy (non-hydrogen) atoms. The summed E-state index contributed by atoms with van der Waals surface area (Å²) in [5.41, 5.74) is 1.36. The highest BCUT2D eigenvalue weighted by Gasteiger charge is 2.26. The number of rotatable bonds is 5. The second-order valence-electron chi connectivity index (χ2n) is 4.84. The van der Waals surface area contributed by atoms with Gasteiger partial charge in [0.15, 0.2) is 0 Å². The summed E-state index contributed by atoms with van der Waals surface area (Å²) >= 11 is 0. The molecule has 0 fully saturated rings. The fourth-order valence-electron chi connectivity index (χ4n) is 2.69. The molecular formula is C15H23NO. The van der Waals surface area contributed by atoms with Gasteiger partial charge in [-0.15, -0.1) is 0 Å². The van der Waals surface area contributed by atoms with E-state index in [-0.39, 0.29) is 0 Å². The molecule has 0 radical (unpaired) electrons. The summed E-state index contributed by atoms with van der Waals surface area (Å²) in [5.74, 6) is 1.69. The molecular weight excluding hydrogens is 210 g/mol. The van der Waals surface area contributed by atoms with Gasteiger partial charge in [0.1, 0.15) is 5.75 Å². The summed E-state index contributed by atoms with van der Waals surface area (Å²) in [4.78, 5) is 0. The van der Waals surface area contributed by atoms with Crippen molar-refractivity contribution in [3.8, 4) is 5.75 Å². The van der Waals surface area contributed by atoms with Crippen LogP contribution in [0.15, 0.2) is 24.3 Å². The van der Waals surface area contributed by atoms with Crippen LogP contribution in [-0.2, 0) is 6.42 Å². The first-order valence-corrected chi connectivity index (χ1v) is 6.79. The lowest BCUT2D eigenvalue weighted by atomic mass is 9.88. The molecule has 2 atom stereocenters. The fourth-order valence-corrected chi connectivity index (χ4v) is 2.69. The molecule has 1 aliphatic rings. The van der Waals surface area contributed by atoms with Crippen LogP contribution in [0.2, 0.25) is 0 Å². The predicted molar refractivity (Wildman–Crippen MR) is 71.5 cm³/mol. The van der Waals surface area contributed by atoms with Crippen molar-refractivity contribution in [3.63, 3.8) is 0 Å². The van der Waals surface area contributed by atoms with E-state index in [1.807, 2.05) is 6.07 Å². The normalized spacial score (nSPS) is 20.5. The Morgan fingerprint density at radius 2 is 2.18 bits per heavy atom. The zero-order chi connectivity index (χ0) is 12.1. The average molecular weight is 233 g/mol. The van der Waals surface area contributed by atoms with E-state index in [1.165, 1.54) is 18.4 Å². The number of hydrogen-bond acceptors (Lipinski definition) is 2. The molecule has 2 rings (SSSR count). The molecule has 1 aromatic carbocycles. The van der Waals surface area contributed by atoms with E-state index in [2.05, 4.69) is 37.4 Å². The Hall–Kier alpha value is -1.02. The summed E-state index contributed by atoms with van der Waals surface area (Å²) < 4.78 is 5.87. The topological polar surface area (TPSA) is 21.3 Å². The average Bonchev–Trinajstić information content (AvgIpc) is 2.38. The monoisotopic (exact) mass is 233 g/mol. The van der Waals surface area contributed by atoms with E-state index in [9.17, 15) is 0 Å². The SMILES string of the molecule is CCCC(NCC)C1COc2ccccc2C1. The summed E-state index contributed by atoms with van der Waals surface area (Å²) in [7, 11) is 0. The summed E-state index contributed by atoms with van der Waals surface area (Å²) in [6.45, 7) is 6.33. The maximum absolute atomic E-state index is 5.87. The highest BCUT2D eigenvalue weighted by atomic mass is 16.5. The minimum absolute atomic E-state index is 0.596. The fraction of sp³-hybridized carbons (Fsp3) is 0.600. The first kappa shape index (κ1) is 12.4. The second-order valence-corrected chi connectivity index (χ2v) is 4.84. The minimum Gasteiger partial charge on any atom is -0.493 e. The number of hydrogen-bond donors (Lipinski definition) is 1. The largest absolute Gasteiger partial charge is 0.493 e. The highest BCUT2D eigenvalue weighted by Crippen LogP contribution is 2.29. The lowest BCUT2D eigenvalue weighted by molar-refractivity contribution is 0.180. The third-order valence-corrected chi connectivity index (χ3v) is 3.54. The zero-order valence-corrected chi connectivity index (χ0v) is 10.9. The molecule has 1 aromatic rings. The van der Waals surface area contributed by atoms with Crippen molar-refractivity contribution < 1.29 is 4.74 Å². The molecule has 2 nitrogen and oxygen atoms in total. The Balaban J connectivity index is 2.04. The van der Waals surface area contributed by atoms with Gasteiger partial charge < -0.3 is 10.1 Å². The molecule has 0 aliphatic carbocycles. The molecule has 0 amide bonds. The summed E-state index contributed by atoms with van der Waals surface area (Å²) in [5, 5.41) is 3.60. The molecule has 0 saturated heterocycles. The number of benzene rings is 1. The van der Waals surface area contributed by atoms with Gasteiger partial charge in [0.2, 0.25) is 0 Å². The molecule has 2 heteroatoms. The predicted octanol–water partition coefficient (Wildman–Crippen LogP) is 3.02. The van der Waals surface area contributed by atoms with Crippen LogP contribution >= 0.6 is 0 Å². The van der Waals surface area contributed by atoms with Gasteiger partial charge in [0.05, 0.1) is 6.61 Å². The molecule has 0 spiro atoms. The molecule has 0 bridgehead atoms. The van der Waals surface area contributed by atoms with Crippen LogP contribution in [0.1, 0.15) is 32.3 Å². The van der Waals surface area contributed by atoms with Crippen molar-refractivity contribution in [3.05, 3.63) is 29.8 Å². The lowest BCUT2D eigenvalue weighted by Gasteiger charge is -2.32. The maximum Gasteiger partial charge on any atom is 0.122 e. The van der Waals surface area contributed by atoms with Crippen LogP contribution in [0.3, 0.4) is 0 Å². The van der Waals surface area contributed by atoms with E-state index in [0.29, 0.717) is 12.0 Å². The standard InChI is InChI=1S/C15H23NO/c1-3-7-14(16-4-2)13-10-12-8-5-6-9-15(12)17-11-13/h5-6,8-9,13-14,16H,3-4,7,10-11H2,1-2H3. The Kier molecular flexibility index (Phi) is 4.43. The first-order valence-electron chi connectivity index (χ1n) is 6.79. The van der Waals surface area contributed by atoms with Crippen LogP contribution in [0.5, 0.6) is 5.75 Å². The van der Waals surface area contributed by atoms with E-state index >= 15 is 0 Å². The molecule has 0 aromatic heterocycles. The Labute approximate surface area is 104 Å². The lowest BCUT2D eigenvalue weighted by Crippen LogP contribution is -2.41. The van der Waals surface area contributed by atoms with Crippen LogP contribution in [0.25, 0.3) is 0 Å². The Morgan fingerprint density at radius 3 is 2.94 bits per heavy atom. The number of ether oxygens (including phenoxy) is 1. The van der Waals surface area contributed by atoms with Gasteiger partial charge in [0, 0.05) is 12.0 Å². The van der Waals surface area contributed by atoms with Crippen molar-refractivity contribution >= 4 is 0 Å². The van der Waals surface area contributed by atoms with Crippen molar-refractivity contribution in [2.75, 3.05) is 13.2 Å². The third kappa shape index (κ3) is 3.01. The smallest absolute Gasteiger partial charge is 0.122 e. The van der Waals surface area contributed by atoms with Crippen molar-refractivity contribution in [2.24, 2.45) is 5.92 Å². The van der Waals surface area contributed by atoms with E-state index in [1.54, 1.807) is 0 Å². The molecule has 1 N–H and O–H groups in total. The first-order chi connectivity index (χ1) is 8.35. The van der Waals surface area contributed by atoms with Crippen LogP contribution in [0, 0.1) is 5.92 Å². The number of fused-ring (bicyclic) bond motifs is 1. The van der Waals surface area contributed by atoms with Gasteiger partial charge in [-0.1, -0.05) is 38.5 Å². The van der Waals surface area contributed by atoms with Gasteiger partial charge in [-0.25, -0.2) is 0 Å². The van der Waals surface area contributed by atoms with Crippen molar-refractivity contribution in [2.45, 2.75) is 39.2 Å². The second kappa shape index (κ2) is 6.06. The Morgan fingerprint density at radius 1 is 1.35 bits per heavy atom. The number of nitrogens with one attached hydrogen (secondary N) is 1. The molecule has 94 valence electrons. The summed E-state index contributed by atoms with van der Waals surface area (Å²) in [6.07, 6.45) is 3.62. The van der Waals surface area contributed by atoms with Crippen molar-refractivity contribution in [1.29, 1.82) is 0 Å². The van der Waals surface area contributed by atoms with E-state index in [0.717, 1.165) is 25.3 Å². The van der Waals surface area contributed by atoms with Crippen molar-refractivity contribution in [1.82, 2.24) is 5.32 Å². The quantitative estimate of drug-likeness (QED) is 0.844. The minimum atomic E-state index is 0.596. The van der Waals surface area contributed by atoms with Crippen LogP contribution in [-0.4, -0.2) is 19.2 Å².